The SMILES string of the molecule is O=C(CN1CCCCC1C1OCCO1)NCc1ccccc1. The summed E-state index contributed by atoms with van der Waals surface area (Å²) in [6.07, 6.45) is 3.18. The first-order valence-electron chi connectivity index (χ1n) is 8.11. The van der Waals surface area contributed by atoms with Gasteiger partial charge < -0.3 is 14.8 Å². The average molecular weight is 304 g/mol. The zero-order valence-corrected chi connectivity index (χ0v) is 12.9. The van der Waals surface area contributed by atoms with Crippen molar-refractivity contribution >= 4 is 5.91 Å². The number of amides is 1. The second-order valence-corrected chi connectivity index (χ2v) is 5.91. The zero-order chi connectivity index (χ0) is 15.2. The van der Waals surface area contributed by atoms with Gasteiger partial charge in [0.1, 0.15) is 0 Å². The van der Waals surface area contributed by atoms with Gasteiger partial charge in [-0.1, -0.05) is 36.8 Å². The molecule has 0 spiro atoms. The van der Waals surface area contributed by atoms with Gasteiger partial charge in [0, 0.05) is 6.54 Å². The number of carbonyl (C=O) groups is 1. The van der Waals surface area contributed by atoms with Crippen LogP contribution in [0.4, 0.5) is 0 Å². The molecule has 22 heavy (non-hydrogen) atoms. The molecular weight excluding hydrogens is 280 g/mol. The van der Waals surface area contributed by atoms with Crippen LogP contribution in [-0.2, 0) is 20.8 Å². The van der Waals surface area contributed by atoms with Gasteiger partial charge in [0.15, 0.2) is 6.29 Å². The highest BCUT2D eigenvalue weighted by Crippen LogP contribution is 2.23. The van der Waals surface area contributed by atoms with E-state index in [1.807, 2.05) is 30.3 Å². The fourth-order valence-electron chi connectivity index (χ4n) is 3.16. The van der Waals surface area contributed by atoms with Crippen LogP contribution in [0.5, 0.6) is 0 Å². The highest BCUT2D eigenvalue weighted by molar-refractivity contribution is 5.78. The first-order chi connectivity index (χ1) is 10.8. The van der Waals surface area contributed by atoms with E-state index in [9.17, 15) is 4.79 Å². The Morgan fingerprint density at radius 2 is 1.95 bits per heavy atom. The molecule has 2 aliphatic rings. The Hall–Kier alpha value is -1.43. The zero-order valence-electron chi connectivity index (χ0n) is 12.9. The molecule has 2 fully saturated rings. The summed E-state index contributed by atoms with van der Waals surface area (Å²) in [6, 6.07) is 10.2. The molecule has 1 aromatic rings. The predicted octanol–water partition coefficient (Wildman–Crippen LogP) is 1.53. The first kappa shape index (κ1) is 15.5. The molecule has 1 unspecified atom stereocenters. The topological polar surface area (TPSA) is 50.8 Å². The molecule has 0 aliphatic carbocycles. The number of likely N-dealkylation sites (tertiary alicyclic amines) is 1. The summed E-state index contributed by atoms with van der Waals surface area (Å²) in [5, 5.41) is 3.00. The van der Waals surface area contributed by atoms with Gasteiger partial charge in [-0.25, -0.2) is 0 Å². The van der Waals surface area contributed by atoms with Gasteiger partial charge in [-0.15, -0.1) is 0 Å². The molecule has 0 radical (unpaired) electrons. The van der Waals surface area contributed by atoms with Crippen molar-refractivity contribution in [1.82, 2.24) is 10.2 Å². The molecule has 120 valence electrons. The average Bonchev–Trinajstić information content (AvgIpc) is 3.09. The van der Waals surface area contributed by atoms with Crippen LogP contribution < -0.4 is 5.32 Å². The molecule has 0 saturated carbocycles. The van der Waals surface area contributed by atoms with E-state index in [1.165, 1.54) is 6.42 Å². The number of nitrogens with one attached hydrogen (secondary N) is 1. The van der Waals surface area contributed by atoms with Crippen LogP contribution in [0.25, 0.3) is 0 Å². The van der Waals surface area contributed by atoms with Crippen LogP contribution in [0.2, 0.25) is 0 Å². The third-order valence-corrected chi connectivity index (χ3v) is 4.31. The monoisotopic (exact) mass is 304 g/mol. The number of piperidine rings is 1. The quantitative estimate of drug-likeness (QED) is 0.896. The first-order valence-corrected chi connectivity index (χ1v) is 8.11. The highest BCUT2D eigenvalue weighted by atomic mass is 16.7. The maximum Gasteiger partial charge on any atom is 0.234 e. The molecule has 1 atom stereocenters. The Labute approximate surface area is 131 Å². The molecule has 0 bridgehead atoms. The van der Waals surface area contributed by atoms with E-state index in [0.717, 1.165) is 24.9 Å². The Kier molecular flexibility index (Phi) is 5.43. The van der Waals surface area contributed by atoms with Crippen LogP contribution >= 0.6 is 0 Å². The molecule has 1 aromatic carbocycles. The van der Waals surface area contributed by atoms with E-state index in [1.54, 1.807) is 0 Å². The minimum Gasteiger partial charge on any atom is -0.351 e. The standard InChI is InChI=1S/C17H24N2O3/c20-16(18-12-14-6-2-1-3-7-14)13-19-9-5-4-8-15(19)17-21-10-11-22-17/h1-3,6-7,15,17H,4-5,8-13H2,(H,18,20). The number of hydrogen-bond acceptors (Lipinski definition) is 4. The molecule has 2 saturated heterocycles. The van der Waals surface area contributed by atoms with Gasteiger partial charge >= 0.3 is 0 Å². The van der Waals surface area contributed by atoms with Crippen molar-refractivity contribution in [2.75, 3.05) is 26.3 Å². The Morgan fingerprint density at radius 3 is 2.73 bits per heavy atom. The van der Waals surface area contributed by atoms with Gasteiger partial charge in [0.05, 0.1) is 25.8 Å². The maximum absolute atomic E-state index is 12.2. The number of benzene rings is 1. The molecule has 1 N–H and O–H groups in total. The molecular formula is C17H24N2O3. The van der Waals surface area contributed by atoms with Crippen molar-refractivity contribution in [2.24, 2.45) is 0 Å². The molecule has 5 heteroatoms. The van der Waals surface area contributed by atoms with E-state index >= 15 is 0 Å². The van der Waals surface area contributed by atoms with E-state index in [0.29, 0.717) is 26.3 Å². The number of ether oxygens (including phenoxy) is 2. The normalized spacial score (nSPS) is 23.5. The van der Waals surface area contributed by atoms with Crippen molar-refractivity contribution in [2.45, 2.75) is 38.1 Å². The van der Waals surface area contributed by atoms with E-state index in [-0.39, 0.29) is 18.2 Å². The van der Waals surface area contributed by atoms with Crippen LogP contribution in [0.15, 0.2) is 30.3 Å². The number of rotatable bonds is 5. The summed E-state index contributed by atoms with van der Waals surface area (Å²) in [7, 11) is 0. The summed E-state index contributed by atoms with van der Waals surface area (Å²) in [6.45, 7) is 3.26. The fraction of sp³-hybridized carbons (Fsp3) is 0.588. The number of hydrogen-bond donors (Lipinski definition) is 1. The number of nitrogens with zero attached hydrogens (tertiary/aromatic N) is 1. The minimum atomic E-state index is -0.165. The van der Waals surface area contributed by atoms with Gasteiger partial charge in [0.25, 0.3) is 0 Å². The smallest absolute Gasteiger partial charge is 0.234 e. The summed E-state index contributed by atoms with van der Waals surface area (Å²) in [4.78, 5) is 14.4. The van der Waals surface area contributed by atoms with Crippen LogP contribution in [0, 0.1) is 0 Å². The Bertz CT molecular complexity index is 474. The van der Waals surface area contributed by atoms with Gasteiger partial charge in [-0.05, 0) is 24.9 Å². The molecule has 2 heterocycles. The lowest BCUT2D eigenvalue weighted by Crippen LogP contribution is -2.50. The second-order valence-electron chi connectivity index (χ2n) is 5.91. The second kappa shape index (κ2) is 7.72. The molecule has 5 nitrogen and oxygen atoms in total. The van der Waals surface area contributed by atoms with Crippen LogP contribution in [0.1, 0.15) is 24.8 Å². The molecule has 1 amide bonds. The maximum atomic E-state index is 12.2. The summed E-state index contributed by atoms with van der Waals surface area (Å²) in [5.41, 5.74) is 1.12. The summed E-state index contributed by atoms with van der Waals surface area (Å²) >= 11 is 0. The Morgan fingerprint density at radius 1 is 1.18 bits per heavy atom. The van der Waals surface area contributed by atoms with Crippen molar-refractivity contribution < 1.29 is 14.3 Å². The fourth-order valence-corrected chi connectivity index (χ4v) is 3.16. The predicted molar refractivity (Wildman–Crippen MR) is 83.2 cm³/mol. The lowest BCUT2D eigenvalue weighted by molar-refractivity contribution is -0.131. The van der Waals surface area contributed by atoms with E-state index < -0.39 is 0 Å². The van der Waals surface area contributed by atoms with Gasteiger partial charge in [0.2, 0.25) is 5.91 Å². The summed E-state index contributed by atoms with van der Waals surface area (Å²) in [5.74, 6) is 0.0637. The molecule has 2 aliphatic heterocycles. The summed E-state index contributed by atoms with van der Waals surface area (Å²) < 4.78 is 11.3. The van der Waals surface area contributed by atoms with Gasteiger partial charge in [-0.3, -0.25) is 9.69 Å². The van der Waals surface area contributed by atoms with Crippen LogP contribution in [-0.4, -0.2) is 49.4 Å². The lowest BCUT2D eigenvalue weighted by Gasteiger charge is -2.37. The highest BCUT2D eigenvalue weighted by Gasteiger charge is 2.34. The van der Waals surface area contributed by atoms with Crippen molar-refractivity contribution in [3.05, 3.63) is 35.9 Å². The van der Waals surface area contributed by atoms with Crippen LogP contribution in [0.3, 0.4) is 0 Å². The number of carbonyl (C=O) groups excluding carboxylic acids is 1. The van der Waals surface area contributed by atoms with Crippen molar-refractivity contribution in [1.29, 1.82) is 0 Å². The molecule has 0 aromatic heterocycles. The largest absolute Gasteiger partial charge is 0.351 e. The van der Waals surface area contributed by atoms with Gasteiger partial charge in [-0.2, -0.15) is 0 Å². The third-order valence-electron chi connectivity index (χ3n) is 4.31. The Balaban J connectivity index is 1.50. The van der Waals surface area contributed by atoms with E-state index in [2.05, 4.69) is 10.2 Å². The van der Waals surface area contributed by atoms with E-state index in [4.69, 9.17) is 9.47 Å². The molecule has 3 rings (SSSR count). The lowest BCUT2D eigenvalue weighted by atomic mass is 10.0. The van der Waals surface area contributed by atoms with Crippen molar-refractivity contribution in [3.8, 4) is 0 Å². The van der Waals surface area contributed by atoms with Crippen molar-refractivity contribution in [3.63, 3.8) is 0 Å². The minimum absolute atomic E-state index is 0.0637. The third kappa shape index (κ3) is 4.06.